The number of hydrogen-bond acceptors (Lipinski definition) is 3. The number of benzene rings is 1. The van der Waals surface area contributed by atoms with Crippen molar-refractivity contribution >= 4 is 0 Å². The number of ether oxygens (including phenoxy) is 1. The molecule has 0 aromatic heterocycles. The van der Waals surface area contributed by atoms with Crippen molar-refractivity contribution in [2.45, 2.75) is 39.7 Å². The molecule has 3 heteroatoms. The Morgan fingerprint density at radius 1 is 1.45 bits per heavy atom. The molecule has 20 heavy (non-hydrogen) atoms. The summed E-state index contributed by atoms with van der Waals surface area (Å²) in [6.45, 7) is 8.64. The van der Waals surface area contributed by atoms with Crippen LogP contribution in [0.2, 0.25) is 0 Å². The van der Waals surface area contributed by atoms with Crippen LogP contribution in [0.1, 0.15) is 32.8 Å². The summed E-state index contributed by atoms with van der Waals surface area (Å²) >= 11 is 0. The number of aliphatic hydroxyl groups is 1. The third-order valence-electron chi connectivity index (χ3n) is 4.24. The fraction of sp³-hybridized carbons (Fsp3) is 0.647. The van der Waals surface area contributed by atoms with E-state index >= 15 is 0 Å². The summed E-state index contributed by atoms with van der Waals surface area (Å²) in [6, 6.07) is 8.05. The molecule has 0 aliphatic heterocycles. The van der Waals surface area contributed by atoms with E-state index in [0.29, 0.717) is 18.6 Å². The van der Waals surface area contributed by atoms with Crippen molar-refractivity contribution in [1.29, 1.82) is 0 Å². The SMILES string of the molecule is CCc1cccc(OCC(O)CNCC2CC2(C)C)c1. The number of aliphatic hydroxyl groups excluding tert-OH is 1. The van der Waals surface area contributed by atoms with Gasteiger partial charge in [-0.05, 0) is 48.4 Å². The summed E-state index contributed by atoms with van der Waals surface area (Å²) < 4.78 is 5.63. The molecular weight excluding hydrogens is 250 g/mol. The van der Waals surface area contributed by atoms with E-state index in [1.807, 2.05) is 18.2 Å². The molecular formula is C17H27NO2. The van der Waals surface area contributed by atoms with Crippen LogP contribution >= 0.6 is 0 Å². The molecule has 2 rings (SSSR count). The largest absolute Gasteiger partial charge is 0.491 e. The summed E-state index contributed by atoms with van der Waals surface area (Å²) in [7, 11) is 0. The Kier molecular flexibility index (Phi) is 5.06. The topological polar surface area (TPSA) is 41.5 Å². The molecule has 1 aromatic rings. The van der Waals surface area contributed by atoms with Crippen molar-refractivity contribution in [3.63, 3.8) is 0 Å². The highest BCUT2D eigenvalue weighted by molar-refractivity contribution is 5.28. The van der Waals surface area contributed by atoms with Crippen molar-refractivity contribution in [3.8, 4) is 5.75 Å². The second-order valence-corrected chi connectivity index (χ2v) is 6.51. The molecule has 3 nitrogen and oxygen atoms in total. The fourth-order valence-corrected chi connectivity index (χ4v) is 2.46. The van der Waals surface area contributed by atoms with E-state index in [9.17, 15) is 5.11 Å². The first-order valence-electron chi connectivity index (χ1n) is 7.62. The summed E-state index contributed by atoms with van der Waals surface area (Å²) in [4.78, 5) is 0. The van der Waals surface area contributed by atoms with Crippen LogP contribution in [-0.4, -0.2) is 30.9 Å². The van der Waals surface area contributed by atoms with Crippen molar-refractivity contribution in [2.24, 2.45) is 11.3 Å². The third kappa shape index (κ3) is 4.50. The van der Waals surface area contributed by atoms with Crippen LogP contribution in [0.4, 0.5) is 0 Å². The minimum absolute atomic E-state index is 0.341. The van der Waals surface area contributed by atoms with Gasteiger partial charge in [-0.25, -0.2) is 0 Å². The van der Waals surface area contributed by atoms with Crippen molar-refractivity contribution in [1.82, 2.24) is 5.32 Å². The van der Waals surface area contributed by atoms with Crippen molar-refractivity contribution < 1.29 is 9.84 Å². The molecule has 1 aliphatic rings. The van der Waals surface area contributed by atoms with Crippen LogP contribution in [0.5, 0.6) is 5.75 Å². The summed E-state index contributed by atoms with van der Waals surface area (Å²) in [6.07, 6.45) is 1.83. The number of nitrogens with one attached hydrogen (secondary N) is 1. The Balaban J connectivity index is 1.63. The van der Waals surface area contributed by atoms with Gasteiger partial charge in [-0.15, -0.1) is 0 Å². The first kappa shape index (κ1) is 15.3. The van der Waals surface area contributed by atoms with Crippen LogP contribution in [0, 0.1) is 11.3 Å². The molecule has 0 radical (unpaired) electrons. The maximum atomic E-state index is 9.91. The second-order valence-electron chi connectivity index (χ2n) is 6.51. The Hall–Kier alpha value is -1.06. The van der Waals surface area contributed by atoms with Gasteiger partial charge in [-0.1, -0.05) is 32.9 Å². The average Bonchev–Trinajstić information content (AvgIpc) is 3.04. The smallest absolute Gasteiger partial charge is 0.119 e. The number of rotatable bonds is 8. The molecule has 1 saturated carbocycles. The molecule has 0 bridgehead atoms. The molecule has 1 aromatic carbocycles. The van der Waals surface area contributed by atoms with Gasteiger partial charge in [0, 0.05) is 6.54 Å². The predicted molar refractivity (Wildman–Crippen MR) is 82.1 cm³/mol. The Bertz CT molecular complexity index is 431. The molecule has 2 N–H and O–H groups in total. The average molecular weight is 277 g/mol. The quantitative estimate of drug-likeness (QED) is 0.767. The Morgan fingerprint density at radius 3 is 2.85 bits per heavy atom. The van der Waals surface area contributed by atoms with Gasteiger partial charge < -0.3 is 15.2 Å². The molecule has 2 unspecified atom stereocenters. The summed E-state index contributed by atoms with van der Waals surface area (Å²) in [5.74, 6) is 1.60. The molecule has 1 aliphatic carbocycles. The minimum atomic E-state index is -0.456. The van der Waals surface area contributed by atoms with Crippen LogP contribution in [0.3, 0.4) is 0 Å². The van der Waals surface area contributed by atoms with Crippen LogP contribution in [0.15, 0.2) is 24.3 Å². The standard InChI is InChI=1S/C17H27NO2/c1-4-13-6-5-7-16(8-13)20-12-15(19)11-18-10-14-9-17(14,2)3/h5-8,14-15,18-19H,4,9-12H2,1-3H3. The molecule has 0 heterocycles. The maximum Gasteiger partial charge on any atom is 0.119 e. The third-order valence-corrected chi connectivity index (χ3v) is 4.24. The highest BCUT2D eigenvalue weighted by Crippen LogP contribution is 2.50. The zero-order chi connectivity index (χ0) is 14.6. The molecule has 0 amide bonds. The number of aryl methyl sites for hydroxylation is 1. The van der Waals surface area contributed by atoms with Crippen LogP contribution in [0.25, 0.3) is 0 Å². The van der Waals surface area contributed by atoms with Gasteiger partial charge in [0.25, 0.3) is 0 Å². The van der Waals surface area contributed by atoms with Gasteiger partial charge in [0.05, 0.1) is 0 Å². The molecule has 2 atom stereocenters. The zero-order valence-corrected chi connectivity index (χ0v) is 12.9. The Morgan fingerprint density at radius 2 is 2.20 bits per heavy atom. The van der Waals surface area contributed by atoms with Gasteiger partial charge in [0.1, 0.15) is 18.5 Å². The van der Waals surface area contributed by atoms with E-state index in [2.05, 4.69) is 32.2 Å². The number of hydrogen-bond donors (Lipinski definition) is 2. The molecule has 0 spiro atoms. The van der Waals surface area contributed by atoms with Crippen molar-refractivity contribution in [2.75, 3.05) is 19.7 Å². The first-order chi connectivity index (χ1) is 9.51. The highest BCUT2D eigenvalue weighted by Gasteiger charge is 2.44. The molecule has 112 valence electrons. The molecule has 0 saturated heterocycles. The lowest BCUT2D eigenvalue weighted by Gasteiger charge is -2.14. The lowest BCUT2D eigenvalue weighted by Crippen LogP contribution is -2.33. The van der Waals surface area contributed by atoms with Gasteiger partial charge in [0.2, 0.25) is 0 Å². The van der Waals surface area contributed by atoms with E-state index in [4.69, 9.17) is 4.74 Å². The first-order valence-corrected chi connectivity index (χ1v) is 7.62. The second kappa shape index (κ2) is 6.59. The lowest BCUT2D eigenvalue weighted by atomic mass is 10.1. The van der Waals surface area contributed by atoms with Crippen LogP contribution < -0.4 is 10.1 Å². The maximum absolute atomic E-state index is 9.91. The zero-order valence-electron chi connectivity index (χ0n) is 12.9. The van der Waals surface area contributed by atoms with Crippen molar-refractivity contribution in [3.05, 3.63) is 29.8 Å². The lowest BCUT2D eigenvalue weighted by molar-refractivity contribution is 0.106. The van der Waals surface area contributed by atoms with E-state index in [1.165, 1.54) is 12.0 Å². The van der Waals surface area contributed by atoms with Gasteiger partial charge in [-0.3, -0.25) is 0 Å². The van der Waals surface area contributed by atoms with Gasteiger partial charge in [0.15, 0.2) is 0 Å². The molecule has 1 fully saturated rings. The fourth-order valence-electron chi connectivity index (χ4n) is 2.46. The normalized spacial score (nSPS) is 21.5. The monoisotopic (exact) mass is 277 g/mol. The Labute approximate surface area is 122 Å². The summed E-state index contributed by atoms with van der Waals surface area (Å²) in [5, 5.41) is 13.2. The minimum Gasteiger partial charge on any atom is -0.491 e. The van der Waals surface area contributed by atoms with E-state index in [-0.39, 0.29) is 0 Å². The highest BCUT2D eigenvalue weighted by atomic mass is 16.5. The van der Waals surface area contributed by atoms with Gasteiger partial charge >= 0.3 is 0 Å². The van der Waals surface area contributed by atoms with E-state index < -0.39 is 6.10 Å². The predicted octanol–water partition coefficient (Wildman–Crippen LogP) is 2.62. The van der Waals surface area contributed by atoms with E-state index in [1.54, 1.807) is 0 Å². The van der Waals surface area contributed by atoms with E-state index in [0.717, 1.165) is 24.6 Å². The van der Waals surface area contributed by atoms with Crippen LogP contribution in [-0.2, 0) is 6.42 Å². The van der Waals surface area contributed by atoms with Gasteiger partial charge in [-0.2, -0.15) is 0 Å². The summed E-state index contributed by atoms with van der Waals surface area (Å²) in [5.41, 5.74) is 1.75.